The second-order valence-corrected chi connectivity index (χ2v) is 2.63. The Labute approximate surface area is 72.8 Å². The summed E-state index contributed by atoms with van der Waals surface area (Å²) in [7, 11) is 1.60. The SMILES string of the molecule is Cc1c[n+](C)nn1/C(F)=C(\F)Cl. The molecule has 0 unspecified atom stereocenters. The average Bonchev–Trinajstić information content (AvgIpc) is 2.28. The molecule has 0 aliphatic carbocycles. The summed E-state index contributed by atoms with van der Waals surface area (Å²) in [5.41, 5.74) is 0.464. The summed E-state index contributed by atoms with van der Waals surface area (Å²) >= 11 is 4.81. The Morgan fingerprint density at radius 1 is 1.67 bits per heavy atom. The first-order valence-electron chi connectivity index (χ1n) is 3.16. The Kier molecular flexibility index (Phi) is 2.42. The van der Waals surface area contributed by atoms with Crippen molar-refractivity contribution in [3.63, 3.8) is 0 Å². The molecule has 0 aliphatic heterocycles. The van der Waals surface area contributed by atoms with E-state index in [0.29, 0.717) is 5.69 Å². The van der Waals surface area contributed by atoms with Crippen LogP contribution >= 0.6 is 11.6 Å². The minimum absolute atomic E-state index is 0.464. The van der Waals surface area contributed by atoms with E-state index in [4.69, 9.17) is 11.6 Å². The highest BCUT2D eigenvalue weighted by Crippen LogP contribution is 2.16. The molecule has 0 aliphatic rings. The molecule has 1 aromatic rings. The Bertz CT molecular complexity index is 328. The molecule has 0 saturated heterocycles. The Balaban J connectivity index is 3.20. The summed E-state index contributed by atoms with van der Waals surface area (Å²) < 4.78 is 27.1. The predicted molar refractivity (Wildman–Crippen MR) is 39.4 cm³/mol. The van der Waals surface area contributed by atoms with Gasteiger partial charge in [0.1, 0.15) is 7.05 Å². The van der Waals surface area contributed by atoms with E-state index in [0.717, 1.165) is 4.68 Å². The van der Waals surface area contributed by atoms with Crippen LogP contribution in [0.25, 0.3) is 5.95 Å². The molecule has 1 aromatic heterocycles. The lowest BCUT2D eigenvalue weighted by molar-refractivity contribution is -0.731. The van der Waals surface area contributed by atoms with Crippen LogP contribution in [0.1, 0.15) is 5.69 Å². The van der Waals surface area contributed by atoms with Crippen LogP contribution in [0.15, 0.2) is 11.5 Å². The molecule has 6 heteroatoms. The maximum atomic E-state index is 12.8. The Hall–Kier alpha value is -0.970. The molecule has 0 amide bonds. The van der Waals surface area contributed by atoms with Crippen molar-refractivity contribution in [3.05, 3.63) is 17.2 Å². The van der Waals surface area contributed by atoms with Gasteiger partial charge in [-0.05, 0) is 11.6 Å². The van der Waals surface area contributed by atoms with Gasteiger partial charge in [-0.2, -0.15) is 8.78 Å². The maximum Gasteiger partial charge on any atom is 0.351 e. The number of hydrogen-bond donors (Lipinski definition) is 0. The van der Waals surface area contributed by atoms with Gasteiger partial charge in [-0.15, -0.1) is 4.68 Å². The molecule has 0 atom stereocenters. The molecule has 0 aromatic carbocycles. The summed E-state index contributed by atoms with van der Waals surface area (Å²) in [6.07, 6.45) is 1.54. The van der Waals surface area contributed by atoms with Gasteiger partial charge in [-0.3, -0.25) is 0 Å². The number of aryl methyl sites for hydroxylation is 2. The molecular formula is C6H7ClF2N3+. The van der Waals surface area contributed by atoms with Crippen LogP contribution in [-0.2, 0) is 7.05 Å². The highest BCUT2D eigenvalue weighted by atomic mass is 35.5. The van der Waals surface area contributed by atoms with Crippen LogP contribution in [0, 0.1) is 6.92 Å². The smallest absolute Gasteiger partial charge is 0.186 e. The number of nitrogens with zero attached hydrogens (tertiary/aromatic N) is 3. The summed E-state index contributed by atoms with van der Waals surface area (Å²) in [6, 6.07) is 0. The molecule has 1 heterocycles. The first-order valence-corrected chi connectivity index (χ1v) is 3.54. The van der Waals surface area contributed by atoms with E-state index in [1.54, 1.807) is 20.2 Å². The van der Waals surface area contributed by atoms with E-state index < -0.39 is 11.2 Å². The molecule has 1 rings (SSSR count). The van der Waals surface area contributed by atoms with Gasteiger partial charge in [0.2, 0.25) is 0 Å². The van der Waals surface area contributed by atoms with Crippen LogP contribution in [0.5, 0.6) is 0 Å². The van der Waals surface area contributed by atoms with Gasteiger partial charge in [0, 0.05) is 6.92 Å². The van der Waals surface area contributed by atoms with Crippen LogP contribution < -0.4 is 4.68 Å². The zero-order valence-corrected chi connectivity index (χ0v) is 7.31. The van der Waals surface area contributed by atoms with Crippen molar-refractivity contribution in [2.24, 2.45) is 7.05 Å². The Morgan fingerprint density at radius 2 is 2.25 bits per heavy atom. The molecule has 0 spiro atoms. The molecule has 0 bridgehead atoms. The summed E-state index contributed by atoms with van der Waals surface area (Å²) in [6.45, 7) is 1.59. The standard InChI is InChI=1S/C6H7ClF2N3/c1-4-3-11(2)10-12(4)6(9)5(7)8/h3H,1-2H3/q+1/b6-5-. The van der Waals surface area contributed by atoms with Crippen molar-refractivity contribution >= 4 is 17.6 Å². The van der Waals surface area contributed by atoms with Crippen molar-refractivity contribution in [1.29, 1.82) is 0 Å². The average molecular weight is 195 g/mol. The van der Waals surface area contributed by atoms with Crippen LogP contribution in [0.4, 0.5) is 8.78 Å². The fraction of sp³-hybridized carbons (Fsp3) is 0.333. The van der Waals surface area contributed by atoms with Crippen molar-refractivity contribution in [2.45, 2.75) is 6.92 Å². The summed E-state index contributed by atoms with van der Waals surface area (Å²) in [5, 5.41) is 2.21. The van der Waals surface area contributed by atoms with E-state index in [1.165, 1.54) is 4.68 Å². The van der Waals surface area contributed by atoms with Gasteiger partial charge in [0.15, 0.2) is 11.9 Å². The highest BCUT2D eigenvalue weighted by molar-refractivity contribution is 6.30. The zero-order valence-electron chi connectivity index (χ0n) is 6.55. The minimum Gasteiger partial charge on any atom is -0.186 e. The van der Waals surface area contributed by atoms with Gasteiger partial charge < -0.3 is 0 Å². The van der Waals surface area contributed by atoms with Gasteiger partial charge in [0.05, 0.1) is 5.21 Å². The number of hydrogen-bond acceptors (Lipinski definition) is 1. The molecule has 12 heavy (non-hydrogen) atoms. The lowest BCUT2D eigenvalue weighted by Gasteiger charge is -1.87. The first kappa shape index (κ1) is 9.12. The second-order valence-electron chi connectivity index (χ2n) is 2.30. The van der Waals surface area contributed by atoms with Crippen molar-refractivity contribution in [3.8, 4) is 0 Å². The lowest BCUT2D eigenvalue weighted by atomic mass is 10.5. The Morgan fingerprint density at radius 3 is 2.58 bits per heavy atom. The van der Waals surface area contributed by atoms with E-state index in [9.17, 15) is 8.78 Å². The van der Waals surface area contributed by atoms with E-state index in [1.807, 2.05) is 0 Å². The first-order chi connectivity index (χ1) is 5.52. The largest absolute Gasteiger partial charge is 0.351 e. The van der Waals surface area contributed by atoms with Crippen molar-refractivity contribution in [2.75, 3.05) is 0 Å². The third-order valence-corrected chi connectivity index (χ3v) is 1.44. The second kappa shape index (κ2) is 3.18. The van der Waals surface area contributed by atoms with Crippen molar-refractivity contribution < 1.29 is 13.5 Å². The monoisotopic (exact) mass is 194 g/mol. The zero-order chi connectivity index (χ0) is 9.30. The minimum atomic E-state index is -1.40. The van der Waals surface area contributed by atoms with E-state index in [-0.39, 0.29) is 0 Å². The number of aromatic nitrogens is 3. The maximum absolute atomic E-state index is 12.8. The lowest BCUT2D eigenvalue weighted by Crippen LogP contribution is -2.30. The third-order valence-electron chi connectivity index (χ3n) is 1.28. The van der Waals surface area contributed by atoms with Crippen LogP contribution in [0.3, 0.4) is 0 Å². The molecule has 0 N–H and O–H groups in total. The molecule has 0 saturated carbocycles. The fourth-order valence-electron chi connectivity index (χ4n) is 0.837. The quantitative estimate of drug-likeness (QED) is 0.618. The predicted octanol–water partition coefficient (Wildman–Crippen LogP) is 1.28. The van der Waals surface area contributed by atoms with Crippen LogP contribution in [-0.4, -0.2) is 9.90 Å². The molecule has 66 valence electrons. The molecule has 3 nitrogen and oxygen atoms in total. The van der Waals surface area contributed by atoms with Gasteiger partial charge in [-0.1, -0.05) is 4.68 Å². The summed E-state index contributed by atoms with van der Waals surface area (Å²) in [5.74, 6) is -1.20. The number of halogens is 3. The summed E-state index contributed by atoms with van der Waals surface area (Å²) in [4.78, 5) is 0. The van der Waals surface area contributed by atoms with E-state index in [2.05, 4.69) is 5.21 Å². The highest BCUT2D eigenvalue weighted by Gasteiger charge is 2.18. The van der Waals surface area contributed by atoms with Crippen LogP contribution in [0.2, 0.25) is 0 Å². The normalized spacial score (nSPS) is 13.1. The number of rotatable bonds is 1. The topological polar surface area (TPSA) is 21.7 Å². The van der Waals surface area contributed by atoms with Crippen molar-refractivity contribution in [1.82, 2.24) is 9.90 Å². The fourth-order valence-corrected chi connectivity index (χ4v) is 0.917. The van der Waals surface area contributed by atoms with Gasteiger partial charge in [-0.25, -0.2) is 0 Å². The van der Waals surface area contributed by atoms with Gasteiger partial charge in [0.25, 0.3) is 5.29 Å². The van der Waals surface area contributed by atoms with E-state index >= 15 is 0 Å². The van der Waals surface area contributed by atoms with Gasteiger partial charge >= 0.3 is 5.95 Å². The molecule has 0 radical (unpaired) electrons. The third kappa shape index (κ3) is 1.61. The molecule has 0 fully saturated rings. The molecular weight excluding hydrogens is 188 g/mol.